The van der Waals surface area contributed by atoms with E-state index >= 15 is 0 Å². The maximum Gasteiger partial charge on any atom is 0.253 e. The van der Waals surface area contributed by atoms with Gasteiger partial charge in [0.15, 0.2) is 0 Å². The van der Waals surface area contributed by atoms with Crippen LogP contribution in [-0.4, -0.2) is 48.4 Å². The average Bonchev–Trinajstić information content (AvgIpc) is 3.10. The van der Waals surface area contributed by atoms with Gasteiger partial charge in [-0.3, -0.25) is 9.59 Å². The lowest BCUT2D eigenvalue weighted by Gasteiger charge is -2.37. The number of ether oxygens (including phenoxy) is 1. The van der Waals surface area contributed by atoms with Crippen molar-refractivity contribution in [3.8, 4) is 5.75 Å². The molecule has 2 heterocycles. The van der Waals surface area contributed by atoms with E-state index in [4.69, 9.17) is 16.3 Å². The Morgan fingerprint density at radius 3 is 2.22 bits per heavy atom. The summed E-state index contributed by atoms with van der Waals surface area (Å²) in [6.45, 7) is 2.03. The Bertz CT molecular complexity index is 921. The first-order valence-corrected chi connectivity index (χ1v) is 11.9. The molecule has 0 aromatic heterocycles. The smallest absolute Gasteiger partial charge is 0.253 e. The van der Waals surface area contributed by atoms with Gasteiger partial charge in [-0.05, 0) is 67.6 Å². The topological polar surface area (TPSA) is 49.9 Å². The van der Waals surface area contributed by atoms with Crippen molar-refractivity contribution in [2.75, 3.05) is 26.7 Å². The molecule has 1 unspecified atom stereocenters. The first-order chi connectivity index (χ1) is 15.6. The van der Waals surface area contributed by atoms with Crippen molar-refractivity contribution in [2.45, 2.75) is 44.6 Å². The molecule has 2 saturated heterocycles. The number of carbonyl (C=O) groups is 2. The second kappa shape index (κ2) is 10.4. The summed E-state index contributed by atoms with van der Waals surface area (Å²) in [7, 11) is 1.67. The van der Waals surface area contributed by atoms with E-state index in [0.717, 1.165) is 38.0 Å². The van der Waals surface area contributed by atoms with Crippen molar-refractivity contribution in [1.82, 2.24) is 9.80 Å². The van der Waals surface area contributed by atoms with Crippen LogP contribution in [0.5, 0.6) is 5.75 Å². The molecule has 0 saturated carbocycles. The van der Waals surface area contributed by atoms with Crippen LogP contribution < -0.4 is 4.74 Å². The van der Waals surface area contributed by atoms with Crippen molar-refractivity contribution in [1.29, 1.82) is 0 Å². The molecular weight excluding hydrogens is 424 g/mol. The zero-order chi connectivity index (χ0) is 22.5. The number of methoxy groups -OCH3 is 1. The summed E-state index contributed by atoms with van der Waals surface area (Å²) in [4.78, 5) is 30.3. The Hall–Kier alpha value is -2.53. The summed E-state index contributed by atoms with van der Waals surface area (Å²) >= 11 is 5.94. The van der Waals surface area contributed by atoms with Crippen LogP contribution in [-0.2, 0) is 4.79 Å². The van der Waals surface area contributed by atoms with Gasteiger partial charge in [0.2, 0.25) is 5.91 Å². The standard InChI is InChI=1S/C26H31ClN2O3/c1-32-23-12-8-19(9-13-23)24-5-3-2-4-16-29(24)26(31)21-14-17-28(18-15-21)25(30)20-6-10-22(27)11-7-20/h6-13,21,24H,2-5,14-18H2,1H3. The highest BCUT2D eigenvalue weighted by molar-refractivity contribution is 6.30. The number of carbonyl (C=O) groups excluding carboxylic acids is 2. The number of likely N-dealkylation sites (tertiary alicyclic amines) is 2. The fourth-order valence-corrected chi connectivity index (χ4v) is 5.01. The second-order valence-corrected chi connectivity index (χ2v) is 9.18. The summed E-state index contributed by atoms with van der Waals surface area (Å²) in [5.41, 5.74) is 1.82. The average molecular weight is 455 g/mol. The van der Waals surface area contributed by atoms with E-state index in [9.17, 15) is 9.59 Å². The highest BCUT2D eigenvalue weighted by Gasteiger charge is 2.34. The first-order valence-electron chi connectivity index (χ1n) is 11.6. The van der Waals surface area contributed by atoms with Crippen molar-refractivity contribution in [2.24, 2.45) is 5.92 Å². The molecule has 2 amide bonds. The first kappa shape index (κ1) is 22.7. The monoisotopic (exact) mass is 454 g/mol. The van der Waals surface area contributed by atoms with Crippen LogP contribution in [0, 0.1) is 5.92 Å². The van der Waals surface area contributed by atoms with Crippen LogP contribution in [0.1, 0.15) is 60.5 Å². The molecule has 6 heteroatoms. The van der Waals surface area contributed by atoms with E-state index in [0.29, 0.717) is 36.5 Å². The number of amides is 2. The number of hydrogen-bond acceptors (Lipinski definition) is 3. The van der Waals surface area contributed by atoms with Crippen LogP contribution in [0.25, 0.3) is 0 Å². The Morgan fingerprint density at radius 2 is 1.56 bits per heavy atom. The molecule has 32 heavy (non-hydrogen) atoms. The molecule has 2 aromatic rings. The molecule has 2 aliphatic rings. The summed E-state index contributed by atoms with van der Waals surface area (Å²) in [6, 6.07) is 15.2. The van der Waals surface area contributed by atoms with Crippen LogP contribution in [0.3, 0.4) is 0 Å². The Morgan fingerprint density at radius 1 is 0.875 bits per heavy atom. The highest BCUT2D eigenvalue weighted by Crippen LogP contribution is 2.34. The van der Waals surface area contributed by atoms with Crippen molar-refractivity contribution in [3.05, 3.63) is 64.7 Å². The van der Waals surface area contributed by atoms with Gasteiger partial charge in [0.05, 0.1) is 13.2 Å². The predicted molar refractivity (Wildman–Crippen MR) is 126 cm³/mol. The van der Waals surface area contributed by atoms with E-state index in [-0.39, 0.29) is 23.8 Å². The largest absolute Gasteiger partial charge is 0.497 e. The number of rotatable bonds is 4. The second-order valence-electron chi connectivity index (χ2n) is 8.74. The third kappa shape index (κ3) is 5.09. The van der Waals surface area contributed by atoms with Gasteiger partial charge < -0.3 is 14.5 Å². The fraction of sp³-hybridized carbons (Fsp3) is 0.462. The van der Waals surface area contributed by atoms with E-state index in [1.54, 1.807) is 31.4 Å². The number of hydrogen-bond donors (Lipinski definition) is 0. The molecule has 2 fully saturated rings. The van der Waals surface area contributed by atoms with Gasteiger partial charge in [-0.25, -0.2) is 0 Å². The van der Waals surface area contributed by atoms with Gasteiger partial charge in [0.1, 0.15) is 5.75 Å². The molecule has 0 spiro atoms. The minimum absolute atomic E-state index is 0.0125. The van der Waals surface area contributed by atoms with Gasteiger partial charge in [-0.2, -0.15) is 0 Å². The molecule has 4 rings (SSSR count). The third-order valence-electron chi connectivity index (χ3n) is 6.76. The summed E-state index contributed by atoms with van der Waals surface area (Å²) in [5.74, 6) is 1.06. The van der Waals surface area contributed by atoms with Gasteiger partial charge >= 0.3 is 0 Å². The van der Waals surface area contributed by atoms with Crippen molar-refractivity contribution < 1.29 is 14.3 Å². The maximum absolute atomic E-state index is 13.6. The quantitative estimate of drug-likeness (QED) is 0.626. The van der Waals surface area contributed by atoms with E-state index in [1.807, 2.05) is 17.0 Å². The molecule has 2 aliphatic heterocycles. The maximum atomic E-state index is 13.6. The minimum Gasteiger partial charge on any atom is -0.497 e. The Labute approximate surface area is 195 Å². The van der Waals surface area contributed by atoms with Gasteiger partial charge in [0.25, 0.3) is 5.91 Å². The lowest BCUT2D eigenvalue weighted by Crippen LogP contribution is -2.45. The lowest BCUT2D eigenvalue weighted by molar-refractivity contribution is -0.139. The van der Waals surface area contributed by atoms with Crippen LogP contribution in [0.15, 0.2) is 48.5 Å². The van der Waals surface area contributed by atoms with Gasteiger partial charge in [0, 0.05) is 36.1 Å². The normalized spacial score (nSPS) is 20.0. The van der Waals surface area contributed by atoms with Crippen LogP contribution in [0.4, 0.5) is 0 Å². The summed E-state index contributed by atoms with van der Waals surface area (Å²) in [6.07, 6.45) is 5.76. The van der Waals surface area contributed by atoms with E-state index in [2.05, 4.69) is 17.0 Å². The summed E-state index contributed by atoms with van der Waals surface area (Å²) in [5, 5.41) is 0.620. The highest BCUT2D eigenvalue weighted by atomic mass is 35.5. The number of benzene rings is 2. The van der Waals surface area contributed by atoms with Crippen LogP contribution in [0.2, 0.25) is 5.02 Å². The summed E-state index contributed by atoms with van der Waals surface area (Å²) < 4.78 is 5.30. The van der Waals surface area contributed by atoms with E-state index in [1.165, 1.54) is 5.56 Å². The number of piperidine rings is 1. The predicted octanol–water partition coefficient (Wildman–Crippen LogP) is 5.34. The number of halogens is 1. The van der Waals surface area contributed by atoms with Gasteiger partial charge in [-0.15, -0.1) is 0 Å². The molecule has 0 N–H and O–H groups in total. The van der Waals surface area contributed by atoms with Gasteiger partial charge in [-0.1, -0.05) is 36.6 Å². The molecule has 0 aliphatic carbocycles. The zero-order valence-corrected chi connectivity index (χ0v) is 19.4. The molecule has 170 valence electrons. The minimum atomic E-state index is -0.0249. The van der Waals surface area contributed by atoms with Crippen LogP contribution >= 0.6 is 11.6 Å². The third-order valence-corrected chi connectivity index (χ3v) is 7.01. The molecule has 0 bridgehead atoms. The van der Waals surface area contributed by atoms with Crippen molar-refractivity contribution in [3.63, 3.8) is 0 Å². The van der Waals surface area contributed by atoms with E-state index < -0.39 is 0 Å². The molecule has 0 radical (unpaired) electrons. The number of nitrogens with zero attached hydrogens (tertiary/aromatic N) is 2. The Balaban J connectivity index is 1.42. The Kier molecular flexibility index (Phi) is 7.36. The molecule has 1 atom stereocenters. The zero-order valence-electron chi connectivity index (χ0n) is 18.6. The molecule has 2 aromatic carbocycles. The van der Waals surface area contributed by atoms with Crippen molar-refractivity contribution >= 4 is 23.4 Å². The fourth-order valence-electron chi connectivity index (χ4n) is 4.88. The SMILES string of the molecule is COc1ccc(C2CCCCCN2C(=O)C2CCN(C(=O)c3ccc(Cl)cc3)CC2)cc1. The lowest BCUT2D eigenvalue weighted by atomic mass is 9.92. The molecule has 5 nitrogen and oxygen atoms in total. The molecular formula is C26H31ClN2O3.